The Kier molecular flexibility index (Phi) is 4.51. The zero-order valence-corrected chi connectivity index (χ0v) is 15.8. The van der Waals surface area contributed by atoms with Crippen molar-refractivity contribution in [3.05, 3.63) is 66.7 Å². The molecule has 0 aliphatic carbocycles. The van der Waals surface area contributed by atoms with Gasteiger partial charge in [0.2, 0.25) is 11.7 Å². The van der Waals surface area contributed by atoms with Crippen LogP contribution in [-0.2, 0) is 6.42 Å². The van der Waals surface area contributed by atoms with Gasteiger partial charge in [0.1, 0.15) is 5.69 Å². The molecule has 8 heteroatoms. The highest BCUT2D eigenvalue weighted by molar-refractivity contribution is 5.95. The average molecular weight is 388 g/mol. The Morgan fingerprint density at radius 1 is 1.28 bits per heavy atom. The first-order valence-electron chi connectivity index (χ1n) is 9.71. The smallest absolute Gasteiger partial charge is 0.255 e. The number of carbonyl (C=O) groups excluding carboxylic acids is 1. The summed E-state index contributed by atoms with van der Waals surface area (Å²) in [6, 6.07) is 7.87. The Bertz CT molecular complexity index is 1100. The van der Waals surface area contributed by atoms with Crippen LogP contribution in [0.4, 0.5) is 0 Å². The van der Waals surface area contributed by atoms with Crippen molar-refractivity contribution in [3.63, 3.8) is 0 Å². The Labute approximate surface area is 167 Å². The van der Waals surface area contributed by atoms with Gasteiger partial charge in [0.25, 0.3) is 5.91 Å². The van der Waals surface area contributed by atoms with Crippen LogP contribution in [0.1, 0.15) is 29.1 Å². The van der Waals surface area contributed by atoms with Crippen molar-refractivity contribution in [3.8, 4) is 11.5 Å². The molecule has 0 radical (unpaired) electrons. The first kappa shape index (κ1) is 17.5. The van der Waals surface area contributed by atoms with Crippen molar-refractivity contribution in [1.29, 1.82) is 0 Å². The number of pyridine rings is 1. The summed E-state index contributed by atoms with van der Waals surface area (Å²) in [5.74, 6) is 1.38. The molecule has 1 saturated heterocycles. The van der Waals surface area contributed by atoms with Crippen LogP contribution in [0.25, 0.3) is 17.0 Å². The van der Waals surface area contributed by atoms with Crippen LogP contribution in [0.2, 0.25) is 0 Å². The SMILES string of the molecule is O=C(c1cc2ccccn2c1)N1CCCC(Cc2nc(-c3cnccn3)no2)C1. The molecule has 1 amide bonds. The van der Waals surface area contributed by atoms with Crippen LogP contribution >= 0.6 is 0 Å². The normalized spacial score (nSPS) is 17.0. The molecule has 4 aromatic heterocycles. The second-order valence-electron chi connectivity index (χ2n) is 7.33. The average Bonchev–Trinajstić information content (AvgIpc) is 3.41. The fourth-order valence-electron chi connectivity index (χ4n) is 3.87. The van der Waals surface area contributed by atoms with Gasteiger partial charge in [-0.2, -0.15) is 4.98 Å². The maximum atomic E-state index is 13.0. The molecular weight excluding hydrogens is 368 g/mol. The number of likely N-dealkylation sites (tertiary alicyclic amines) is 1. The van der Waals surface area contributed by atoms with E-state index in [-0.39, 0.29) is 5.91 Å². The molecule has 5 heterocycles. The lowest BCUT2D eigenvalue weighted by atomic mass is 9.94. The second-order valence-corrected chi connectivity index (χ2v) is 7.33. The molecule has 0 aromatic carbocycles. The highest BCUT2D eigenvalue weighted by Gasteiger charge is 2.27. The van der Waals surface area contributed by atoms with Crippen LogP contribution in [0.15, 0.2) is 59.8 Å². The zero-order valence-electron chi connectivity index (χ0n) is 15.8. The lowest BCUT2D eigenvalue weighted by Crippen LogP contribution is -2.40. The van der Waals surface area contributed by atoms with Gasteiger partial charge in [-0.15, -0.1) is 0 Å². The van der Waals surface area contributed by atoms with Crippen LogP contribution in [0, 0.1) is 5.92 Å². The third-order valence-corrected chi connectivity index (χ3v) is 5.28. The Morgan fingerprint density at radius 2 is 2.24 bits per heavy atom. The molecule has 1 aliphatic rings. The van der Waals surface area contributed by atoms with Gasteiger partial charge in [-0.3, -0.25) is 9.78 Å². The molecule has 1 aliphatic heterocycles. The minimum Gasteiger partial charge on any atom is -0.339 e. The summed E-state index contributed by atoms with van der Waals surface area (Å²) in [5, 5.41) is 4.01. The van der Waals surface area contributed by atoms with E-state index in [9.17, 15) is 4.79 Å². The van der Waals surface area contributed by atoms with E-state index in [4.69, 9.17) is 4.52 Å². The van der Waals surface area contributed by atoms with Crippen LogP contribution < -0.4 is 0 Å². The highest BCUT2D eigenvalue weighted by Crippen LogP contribution is 2.23. The molecule has 1 fully saturated rings. The summed E-state index contributed by atoms with van der Waals surface area (Å²) in [4.78, 5) is 27.6. The van der Waals surface area contributed by atoms with Crippen molar-refractivity contribution in [1.82, 2.24) is 29.4 Å². The van der Waals surface area contributed by atoms with Gasteiger partial charge in [0.05, 0.1) is 11.8 Å². The van der Waals surface area contributed by atoms with E-state index >= 15 is 0 Å². The van der Waals surface area contributed by atoms with Gasteiger partial charge in [-0.05, 0) is 37.0 Å². The minimum absolute atomic E-state index is 0.0733. The summed E-state index contributed by atoms with van der Waals surface area (Å²) >= 11 is 0. The molecule has 4 aromatic rings. The lowest BCUT2D eigenvalue weighted by molar-refractivity contribution is 0.0668. The molecule has 1 atom stereocenters. The van der Waals surface area contributed by atoms with Crippen molar-refractivity contribution >= 4 is 11.4 Å². The topological polar surface area (TPSA) is 89.4 Å². The number of aromatic nitrogens is 5. The second kappa shape index (κ2) is 7.46. The van der Waals surface area contributed by atoms with Crippen molar-refractivity contribution in [2.45, 2.75) is 19.3 Å². The maximum Gasteiger partial charge on any atom is 0.255 e. The largest absolute Gasteiger partial charge is 0.339 e. The number of fused-ring (bicyclic) bond motifs is 1. The number of hydrogen-bond acceptors (Lipinski definition) is 6. The zero-order chi connectivity index (χ0) is 19.6. The lowest BCUT2D eigenvalue weighted by Gasteiger charge is -2.32. The summed E-state index contributed by atoms with van der Waals surface area (Å²) < 4.78 is 7.38. The van der Waals surface area contributed by atoms with Crippen LogP contribution in [-0.4, -0.2) is 48.4 Å². The molecule has 0 spiro atoms. The number of rotatable bonds is 4. The van der Waals surface area contributed by atoms with Gasteiger partial charge in [0.15, 0.2) is 0 Å². The van der Waals surface area contributed by atoms with Gasteiger partial charge in [-0.25, -0.2) is 4.98 Å². The summed E-state index contributed by atoms with van der Waals surface area (Å²) in [6.07, 6.45) is 11.3. The molecule has 1 unspecified atom stereocenters. The van der Waals surface area contributed by atoms with E-state index in [0.717, 1.165) is 30.5 Å². The predicted octanol–water partition coefficient (Wildman–Crippen LogP) is 2.87. The van der Waals surface area contributed by atoms with Gasteiger partial charge < -0.3 is 13.8 Å². The number of amides is 1. The first-order valence-corrected chi connectivity index (χ1v) is 9.71. The highest BCUT2D eigenvalue weighted by atomic mass is 16.5. The molecule has 0 N–H and O–H groups in total. The van der Waals surface area contributed by atoms with Crippen molar-refractivity contribution < 1.29 is 9.32 Å². The van der Waals surface area contributed by atoms with Gasteiger partial charge in [-0.1, -0.05) is 11.2 Å². The number of hydrogen-bond donors (Lipinski definition) is 0. The van der Waals surface area contributed by atoms with E-state index in [1.165, 1.54) is 0 Å². The Balaban J connectivity index is 1.27. The van der Waals surface area contributed by atoms with Crippen LogP contribution in [0.3, 0.4) is 0 Å². The van der Waals surface area contributed by atoms with Crippen molar-refractivity contribution in [2.75, 3.05) is 13.1 Å². The molecular formula is C21H20N6O2. The Morgan fingerprint density at radius 3 is 3.10 bits per heavy atom. The molecule has 0 bridgehead atoms. The molecule has 5 rings (SSSR count). The summed E-state index contributed by atoms with van der Waals surface area (Å²) in [6.45, 7) is 1.46. The summed E-state index contributed by atoms with van der Waals surface area (Å²) in [5.41, 5.74) is 2.33. The minimum atomic E-state index is 0.0733. The number of carbonyl (C=O) groups is 1. The fraction of sp³-hybridized carbons (Fsp3) is 0.286. The maximum absolute atomic E-state index is 13.0. The third-order valence-electron chi connectivity index (χ3n) is 5.28. The third kappa shape index (κ3) is 3.61. The number of piperidine rings is 1. The van der Waals surface area contributed by atoms with Gasteiger partial charge >= 0.3 is 0 Å². The molecule has 29 heavy (non-hydrogen) atoms. The van der Waals surface area contributed by atoms with E-state index in [1.54, 1.807) is 18.6 Å². The standard InChI is InChI=1S/C21H20N6O2/c28-21(16-11-17-5-1-2-8-26(17)14-16)27-9-3-4-15(13-27)10-19-24-20(25-29-19)18-12-22-6-7-23-18/h1-2,5-8,11-12,14-15H,3-4,9-10,13H2. The molecule has 146 valence electrons. The monoisotopic (exact) mass is 388 g/mol. The number of nitrogens with zero attached hydrogens (tertiary/aromatic N) is 6. The van der Waals surface area contributed by atoms with Gasteiger partial charge in [0, 0.05) is 49.8 Å². The molecule has 8 nitrogen and oxygen atoms in total. The van der Waals surface area contributed by atoms with Crippen LogP contribution in [0.5, 0.6) is 0 Å². The summed E-state index contributed by atoms with van der Waals surface area (Å²) in [7, 11) is 0. The quantitative estimate of drug-likeness (QED) is 0.534. The van der Waals surface area contributed by atoms with E-state index in [2.05, 4.69) is 20.1 Å². The molecule has 0 saturated carbocycles. The fourth-order valence-corrected chi connectivity index (χ4v) is 3.87. The van der Waals surface area contributed by atoms with Crippen molar-refractivity contribution in [2.24, 2.45) is 5.92 Å². The predicted molar refractivity (Wildman–Crippen MR) is 105 cm³/mol. The van der Waals surface area contributed by atoms with E-state index in [1.807, 2.05) is 46.0 Å². The first-order chi connectivity index (χ1) is 14.3. The van der Waals surface area contributed by atoms with E-state index in [0.29, 0.717) is 36.3 Å². The Hall–Kier alpha value is -3.55. The van der Waals surface area contributed by atoms with E-state index < -0.39 is 0 Å².